The van der Waals surface area contributed by atoms with Crippen molar-refractivity contribution in [2.45, 2.75) is 46.0 Å². The molecule has 6 heteroatoms. The second-order valence-electron chi connectivity index (χ2n) is 6.25. The Morgan fingerprint density at radius 3 is 2.57 bits per heavy atom. The average molecular weight is 439 g/mol. The van der Waals surface area contributed by atoms with Crippen molar-refractivity contribution in [1.29, 1.82) is 0 Å². The summed E-state index contributed by atoms with van der Waals surface area (Å²) in [4.78, 5) is 9.65. The molecular weight excluding hydrogens is 401 g/mol. The maximum absolute atomic E-state index is 4.67. The molecule has 0 radical (unpaired) electrons. The predicted octanol–water partition coefficient (Wildman–Crippen LogP) is 2.38. The summed E-state index contributed by atoms with van der Waals surface area (Å²) in [5.41, 5.74) is 0. The standard InChI is InChI=1S/C17H37N5.HI/c1-4-6-7-8-10-19-17(18-5-2)20-11-14-22-13-9-12-21(3)15-16-22;/h4-16H2,1-3H3,(H2,18,19,20);1H. The molecule has 0 amide bonds. The molecule has 0 saturated carbocycles. The molecule has 0 aliphatic carbocycles. The van der Waals surface area contributed by atoms with Crippen molar-refractivity contribution in [3.63, 3.8) is 0 Å². The fraction of sp³-hybridized carbons (Fsp3) is 0.941. The molecule has 5 nitrogen and oxygen atoms in total. The van der Waals surface area contributed by atoms with Crippen molar-refractivity contribution < 1.29 is 0 Å². The molecule has 1 aliphatic rings. The molecule has 1 saturated heterocycles. The summed E-state index contributed by atoms with van der Waals surface area (Å²) in [6.45, 7) is 13.1. The second kappa shape index (κ2) is 15.4. The van der Waals surface area contributed by atoms with Gasteiger partial charge in [-0.05, 0) is 39.9 Å². The molecule has 0 unspecified atom stereocenters. The third-order valence-electron chi connectivity index (χ3n) is 4.16. The number of guanidine groups is 1. The van der Waals surface area contributed by atoms with Gasteiger partial charge in [0.1, 0.15) is 0 Å². The molecule has 0 spiro atoms. The number of nitrogens with zero attached hydrogens (tertiary/aromatic N) is 3. The topological polar surface area (TPSA) is 42.9 Å². The van der Waals surface area contributed by atoms with Crippen LogP contribution in [0.1, 0.15) is 46.0 Å². The Morgan fingerprint density at radius 2 is 1.83 bits per heavy atom. The highest BCUT2D eigenvalue weighted by Gasteiger charge is 2.11. The summed E-state index contributed by atoms with van der Waals surface area (Å²) in [5, 5.41) is 6.82. The highest BCUT2D eigenvalue weighted by atomic mass is 127. The van der Waals surface area contributed by atoms with Gasteiger partial charge in [-0.3, -0.25) is 4.99 Å². The number of hydrogen-bond donors (Lipinski definition) is 2. The monoisotopic (exact) mass is 439 g/mol. The van der Waals surface area contributed by atoms with Crippen LogP contribution in [-0.4, -0.2) is 75.2 Å². The first kappa shape index (κ1) is 22.9. The summed E-state index contributed by atoms with van der Waals surface area (Å²) in [5.74, 6) is 0.978. The number of hydrogen-bond acceptors (Lipinski definition) is 3. The van der Waals surface area contributed by atoms with Crippen LogP contribution >= 0.6 is 24.0 Å². The van der Waals surface area contributed by atoms with Gasteiger partial charge in [0.25, 0.3) is 0 Å². The van der Waals surface area contributed by atoms with Gasteiger partial charge in [0.15, 0.2) is 5.96 Å². The van der Waals surface area contributed by atoms with Crippen molar-refractivity contribution in [1.82, 2.24) is 20.4 Å². The Kier molecular flexibility index (Phi) is 15.4. The third kappa shape index (κ3) is 12.0. The SMILES string of the molecule is CCCCCCN=C(NCC)NCCN1CCCN(C)CC1.I. The zero-order valence-electron chi connectivity index (χ0n) is 15.4. The zero-order valence-corrected chi connectivity index (χ0v) is 17.8. The van der Waals surface area contributed by atoms with Crippen LogP contribution in [0.2, 0.25) is 0 Å². The Balaban J connectivity index is 0.00000484. The molecule has 0 atom stereocenters. The molecule has 1 fully saturated rings. The van der Waals surface area contributed by atoms with Crippen LogP contribution in [0.25, 0.3) is 0 Å². The summed E-state index contributed by atoms with van der Waals surface area (Å²) < 4.78 is 0. The van der Waals surface area contributed by atoms with E-state index >= 15 is 0 Å². The maximum atomic E-state index is 4.67. The lowest BCUT2D eigenvalue weighted by atomic mass is 10.2. The first-order chi connectivity index (χ1) is 10.8. The minimum atomic E-state index is 0. The number of rotatable bonds is 9. The summed E-state index contributed by atoms with van der Waals surface area (Å²) in [6.07, 6.45) is 6.38. The maximum Gasteiger partial charge on any atom is 0.191 e. The van der Waals surface area contributed by atoms with E-state index in [-0.39, 0.29) is 24.0 Å². The van der Waals surface area contributed by atoms with E-state index in [0.29, 0.717) is 0 Å². The van der Waals surface area contributed by atoms with E-state index in [1.807, 2.05) is 0 Å². The number of likely N-dealkylation sites (N-methyl/N-ethyl adjacent to an activating group) is 1. The highest BCUT2D eigenvalue weighted by Crippen LogP contribution is 2.00. The molecular formula is C17H38IN5. The van der Waals surface area contributed by atoms with E-state index in [9.17, 15) is 0 Å². The molecule has 1 aliphatic heterocycles. The fourth-order valence-corrected chi connectivity index (χ4v) is 2.73. The molecule has 0 bridgehead atoms. The molecule has 0 aromatic carbocycles. The van der Waals surface area contributed by atoms with Gasteiger partial charge in [-0.2, -0.15) is 0 Å². The van der Waals surface area contributed by atoms with Crippen molar-refractivity contribution in [3.8, 4) is 0 Å². The van der Waals surface area contributed by atoms with E-state index in [4.69, 9.17) is 0 Å². The molecule has 2 N–H and O–H groups in total. The minimum Gasteiger partial charge on any atom is -0.357 e. The van der Waals surface area contributed by atoms with Crippen molar-refractivity contribution in [3.05, 3.63) is 0 Å². The van der Waals surface area contributed by atoms with Crippen LogP contribution in [0.5, 0.6) is 0 Å². The number of unbranched alkanes of at least 4 members (excludes halogenated alkanes) is 3. The lowest BCUT2D eigenvalue weighted by Gasteiger charge is -2.21. The Hall–Kier alpha value is -0.0800. The van der Waals surface area contributed by atoms with Gasteiger partial charge in [0.05, 0.1) is 0 Å². The molecule has 1 heterocycles. The van der Waals surface area contributed by atoms with Crippen LogP contribution in [0.15, 0.2) is 4.99 Å². The van der Waals surface area contributed by atoms with Crippen molar-refractivity contribution in [2.24, 2.45) is 4.99 Å². The summed E-state index contributed by atoms with van der Waals surface area (Å²) >= 11 is 0. The van der Waals surface area contributed by atoms with E-state index in [0.717, 1.165) is 32.1 Å². The normalized spacial score (nSPS) is 17.4. The van der Waals surface area contributed by atoms with Gasteiger partial charge >= 0.3 is 0 Å². The molecule has 138 valence electrons. The van der Waals surface area contributed by atoms with Gasteiger partial charge in [-0.1, -0.05) is 26.2 Å². The highest BCUT2D eigenvalue weighted by molar-refractivity contribution is 14.0. The summed E-state index contributed by atoms with van der Waals surface area (Å²) in [6, 6.07) is 0. The van der Waals surface area contributed by atoms with E-state index in [2.05, 4.69) is 46.3 Å². The Bertz CT molecular complexity index is 299. The third-order valence-corrected chi connectivity index (χ3v) is 4.16. The molecule has 1 rings (SSSR count). The zero-order chi connectivity index (χ0) is 16.0. The molecule has 23 heavy (non-hydrogen) atoms. The van der Waals surface area contributed by atoms with Crippen LogP contribution in [0.3, 0.4) is 0 Å². The first-order valence-corrected chi connectivity index (χ1v) is 9.19. The smallest absolute Gasteiger partial charge is 0.191 e. The van der Waals surface area contributed by atoms with Gasteiger partial charge in [0.2, 0.25) is 0 Å². The predicted molar refractivity (Wildman–Crippen MR) is 112 cm³/mol. The van der Waals surface area contributed by atoms with Gasteiger partial charge in [0, 0.05) is 39.3 Å². The van der Waals surface area contributed by atoms with E-state index in [1.54, 1.807) is 0 Å². The van der Waals surface area contributed by atoms with Crippen molar-refractivity contribution in [2.75, 3.05) is 59.4 Å². The average Bonchev–Trinajstić information content (AvgIpc) is 2.72. The summed E-state index contributed by atoms with van der Waals surface area (Å²) in [7, 11) is 2.22. The largest absolute Gasteiger partial charge is 0.357 e. The van der Waals surface area contributed by atoms with Gasteiger partial charge in [-0.15, -0.1) is 24.0 Å². The van der Waals surface area contributed by atoms with Crippen molar-refractivity contribution >= 4 is 29.9 Å². The molecule has 0 aromatic heterocycles. The quantitative estimate of drug-likeness (QED) is 0.251. The Labute approximate surface area is 160 Å². The van der Waals surface area contributed by atoms with Crippen LogP contribution in [-0.2, 0) is 0 Å². The lowest BCUT2D eigenvalue weighted by Crippen LogP contribution is -2.42. The Morgan fingerprint density at radius 1 is 1.00 bits per heavy atom. The fourth-order valence-electron chi connectivity index (χ4n) is 2.73. The van der Waals surface area contributed by atoms with Crippen LogP contribution < -0.4 is 10.6 Å². The molecule has 0 aromatic rings. The van der Waals surface area contributed by atoms with Gasteiger partial charge in [-0.25, -0.2) is 0 Å². The second-order valence-corrected chi connectivity index (χ2v) is 6.25. The first-order valence-electron chi connectivity index (χ1n) is 9.19. The van der Waals surface area contributed by atoms with Crippen LogP contribution in [0.4, 0.5) is 0 Å². The van der Waals surface area contributed by atoms with Crippen LogP contribution in [0, 0.1) is 0 Å². The number of aliphatic imine (C=N–C) groups is 1. The number of nitrogens with one attached hydrogen (secondary N) is 2. The lowest BCUT2D eigenvalue weighted by molar-refractivity contribution is 0.280. The minimum absolute atomic E-state index is 0. The van der Waals surface area contributed by atoms with E-state index < -0.39 is 0 Å². The van der Waals surface area contributed by atoms with E-state index in [1.165, 1.54) is 58.3 Å². The van der Waals surface area contributed by atoms with Gasteiger partial charge < -0.3 is 20.4 Å². The number of halogens is 1.